The van der Waals surface area contributed by atoms with Crippen LogP contribution in [0.4, 0.5) is 0 Å². The second kappa shape index (κ2) is 12.3. The molecule has 0 aliphatic heterocycles. The fraction of sp³-hybridized carbons (Fsp3) is 0.0769. The summed E-state index contributed by atoms with van der Waals surface area (Å²) in [7, 11) is 0. The lowest BCUT2D eigenvalue weighted by Gasteiger charge is -2.34. The first kappa shape index (κ1) is 29.4. The summed E-state index contributed by atoms with van der Waals surface area (Å²) in [4.78, 5) is 30.7. The number of pyridine rings is 2. The molecule has 2 aromatic heterocycles. The summed E-state index contributed by atoms with van der Waals surface area (Å²) in [6.45, 7) is 0.410. The highest BCUT2D eigenvalue weighted by Gasteiger charge is 2.45. The monoisotopic (exact) mass is 620 g/mol. The van der Waals surface area contributed by atoms with Crippen molar-refractivity contribution in [1.29, 1.82) is 0 Å². The minimum Gasteiger partial charge on any atom is -0.487 e. The zero-order valence-electron chi connectivity index (χ0n) is 25.0. The molecule has 0 saturated heterocycles. The summed E-state index contributed by atoms with van der Waals surface area (Å²) in [5.41, 5.74) is 7.76. The molecule has 0 radical (unpaired) electrons. The molecule has 1 aliphatic carbocycles. The van der Waals surface area contributed by atoms with Crippen LogP contribution < -0.4 is 9.47 Å². The quantitative estimate of drug-likeness (QED) is 0.162. The van der Waals surface area contributed by atoms with E-state index in [1.165, 1.54) is 46.8 Å². The van der Waals surface area contributed by atoms with Gasteiger partial charge in [-0.1, -0.05) is 72.8 Å². The predicted molar refractivity (Wildman–Crippen MR) is 175 cm³/mol. The van der Waals surface area contributed by atoms with Crippen LogP contribution in [0.3, 0.4) is 0 Å². The standard InChI is InChI=1S/C39H28N2O6/c42-37(43)25-9-15-29(40-21-25)23-46-31-17-11-27(12-18-31)39(35-7-3-1-5-33(35)34-6-2-4-8-36(34)39)28-13-19-32(20-14-28)47-24-30-16-10-26(22-41-30)38(44)45/h1-22H,23-24H2,(H,42,43)(H,44,45). The van der Waals surface area contributed by atoms with Gasteiger partial charge in [0.15, 0.2) is 0 Å². The van der Waals surface area contributed by atoms with Crippen LogP contribution in [0.2, 0.25) is 0 Å². The normalized spacial score (nSPS) is 12.5. The highest BCUT2D eigenvalue weighted by Crippen LogP contribution is 2.56. The van der Waals surface area contributed by atoms with E-state index < -0.39 is 17.4 Å². The molecule has 0 unspecified atom stereocenters. The number of carboxylic acid groups (broad SMARTS) is 2. The van der Waals surface area contributed by atoms with E-state index in [1.54, 1.807) is 12.1 Å². The maximum Gasteiger partial charge on any atom is 0.337 e. The van der Waals surface area contributed by atoms with E-state index in [1.807, 2.05) is 24.3 Å². The van der Waals surface area contributed by atoms with E-state index in [4.69, 9.17) is 19.7 Å². The van der Waals surface area contributed by atoms with Crippen LogP contribution in [-0.2, 0) is 18.6 Å². The molecule has 8 heteroatoms. The molecule has 0 spiro atoms. The third-order valence-electron chi connectivity index (χ3n) is 8.44. The first-order chi connectivity index (χ1) is 22.9. The van der Waals surface area contributed by atoms with Gasteiger partial charge in [-0.15, -0.1) is 0 Å². The van der Waals surface area contributed by atoms with E-state index in [0.717, 1.165) is 11.1 Å². The third-order valence-corrected chi connectivity index (χ3v) is 8.44. The van der Waals surface area contributed by atoms with E-state index in [0.29, 0.717) is 22.9 Å². The van der Waals surface area contributed by atoms with Crippen LogP contribution in [0.1, 0.15) is 54.4 Å². The Kier molecular flexibility index (Phi) is 7.67. The Morgan fingerprint density at radius 3 is 1.30 bits per heavy atom. The molecule has 6 aromatic rings. The molecule has 2 N–H and O–H groups in total. The number of hydrogen-bond acceptors (Lipinski definition) is 6. The number of fused-ring (bicyclic) bond motifs is 3. The maximum absolute atomic E-state index is 11.1. The van der Waals surface area contributed by atoms with Gasteiger partial charge in [-0.3, -0.25) is 9.97 Å². The Hall–Kier alpha value is -6.28. The zero-order valence-corrected chi connectivity index (χ0v) is 25.0. The summed E-state index contributed by atoms with van der Waals surface area (Å²) >= 11 is 0. The van der Waals surface area contributed by atoms with Crippen molar-refractivity contribution in [2.75, 3.05) is 0 Å². The van der Waals surface area contributed by atoms with Crippen molar-refractivity contribution < 1.29 is 29.3 Å². The smallest absolute Gasteiger partial charge is 0.337 e. The van der Waals surface area contributed by atoms with Crippen LogP contribution in [-0.4, -0.2) is 32.1 Å². The van der Waals surface area contributed by atoms with Crippen LogP contribution in [0.25, 0.3) is 11.1 Å². The van der Waals surface area contributed by atoms with Gasteiger partial charge in [-0.2, -0.15) is 0 Å². The fourth-order valence-electron chi connectivity index (χ4n) is 6.21. The van der Waals surface area contributed by atoms with Gasteiger partial charge in [0.25, 0.3) is 0 Å². The van der Waals surface area contributed by atoms with Crippen molar-refractivity contribution in [3.05, 3.63) is 178 Å². The highest BCUT2D eigenvalue weighted by molar-refractivity contribution is 5.88. The van der Waals surface area contributed by atoms with Crippen LogP contribution in [0, 0.1) is 0 Å². The lowest BCUT2D eigenvalue weighted by Crippen LogP contribution is -2.28. The molecular formula is C39H28N2O6. The number of hydrogen-bond donors (Lipinski definition) is 2. The molecule has 8 nitrogen and oxygen atoms in total. The SMILES string of the molecule is O=C(O)c1ccc(COc2ccc(C3(c4ccc(OCc5ccc(C(=O)O)cn5)cc4)c4ccccc4-c4ccccc43)cc2)nc1. The Bertz CT molecular complexity index is 1920. The van der Waals surface area contributed by atoms with E-state index >= 15 is 0 Å². The average Bonchev–Trinajstić information content (AvgIpc) is 3.42. The van der Waals surface area contributed by atoms with Gasteiger partial charge >= 0.3 is 11.9 Å². The molecule has 1 aliphatic rings. The third kappa shape index (κ3) is 5.46. The van der Waals surface area contributed by atoms with Crippen molar-refractivity contribution in [2.45, 2.75) is 18.6 Å². The molecular weight excluding hydrogens is 592 g/mol. The number of aromatic nitrogens is 2. The first-order valence-corrected chi connectivity index (χ1v) is 15.0. The topological polar surface area (TPSA) is 119 Å². The number of ether oxygens (including phenoxy) is 2. The van der Waals surface area contributed by atoms with Gasteiger partial charge in [-0.25, -0.2) is 9.59 Å². The minimum absolute atomic E-state index is 0.129. The van der Waals surface area contributed by atoms with Crippen LogP contribution in [0.15, 0.2) is 134 Å². The van der Waals surface area contributed by atoms with Gasteiger partial charge in [0.1, 0.15) is 24.7 Å². The van der Waals surface area contributed by atoms with Crippen molar-refractivity contribution in [2.24, 2.45) is 0 Å². The second-order valence-electron chi connectivity index (χ2n) is 11.2. The summed E-state index contributed by atoms with van der Waals surface area (Å²) in [5, 5.41) is 18.3. The number of nitrogens with zero attached hydrogens (tertiary/aromatic N) is 2. The Balaban J connectivity index is 1.21. The highest BCUT2D eigenvalue weighted by atomic mass is 16.5. The van der Waals surface area contributed by atoms with Gasteiger partial charge in [0, 0.05) is 12.4 Å². The first-order valence-electron chi connectivity index (χ1n) is 15.0. The molecule has 4 aromatic carbocycles. The minimum atomic E-state index is -1.02. The van der Waals surface area contributed by atoms with Gasteiger partial charge < -0.3 is 19.7 Å². The van der Waals surface area contributed by atoms with Crippen molar-refractivity contribution in [3.8, 4) is 22.6 Å². The molecule has 0 atom stereocenters. The fourth-order valence-corrected chi connectivity index (χ4v) is 6.21. The number of aromatic carboxylic acids is 2. The summed E-state index contributed by atoms with van der Waals surface area (Å²) in [6.07, 6.45) is 2.66. The molecule has 230 valence electrons. The summed E-state index contributed by atoms with van der Waals surface area (Å²) in [5.74, 6) is -0.703. The average molecular weight is 621 g/mol. The zero-order chi connectivity index (χ0) is 32.4. The number of carboxylic acids is 2. The van der Waals surface area contributed by atoms with Gasteiger partial charge in [0.2, 0.25) is 0 Å². The summed E-state index contributed by atoms with van der Waals surface area (Å²) < 4.78 is 12.0. The predicted octanol–water partition coefficient (Wildman–Crippen LogP) is 7.39. The summed E-state index contributed by atoms with van der Waals surface area (Å²) in [6, 6.07) is 39.5. The molecule has 2 heterocycles. The van der Waals surface area contributed by atoms with Gasteiger partial charge in [-0.05, 0) is 81.9 Å². The number of benzene rings is 4. The van der Waals surface area contributed by atoms with E-state index in [-0.39, 0.29) is 24.3 Å². The van der Waals surface area contributed by atoms with Crippen LogP contribution >= 0.6 is 0 Å². The maximum atomic E-state index is 11.1. The van der Waals surface area contributed by atoms with E-state index in [2.05, 4.69) is 82.8 Å². The lowest BCUT2D eigenvalue weighted by atomic mass is 9.68. The number of carbonyl (C=O) groups is 2. The Labute approximate surface area is 270 Å². The molecule has 47 heavy (non-hydrogen) atoms. The van der Waals surface area contributed by atoms with Gasteiger partial charge in [0.05, 0.1) is 27.9 Å². The molecule has 0 saturated carbocycles. The van der Waals surface area contributed by atoms with E-state index in [9.17, 15) is 9.59 Å². The lowest BCUT2D eigenvalue weighted by molar-refractivity contribution is 0.0685. The number of rotatable bonds is 10. The Morgan fingerprint density at radius 1 is 0.532 bits per heavy atom. The Morgan fingerprint density at radius 2 is 0.936 bits per heavy atom. The van der Waals surface area contributed by atoms with Crippen molar-refractivity contribution >= 4 is 11.9 Å². The van der Waals surface area contributed by atoms with Crippen molar-refractivity contribution in [1.82, 2.24) is 9.97 Å². The molecule has 7 rings (SSSR count). The molecule has 0 bridgehead atoms. The largest absolute Gasteiger partial charge is 0.487 e. The molecule has 0 amide bonds. The van der Waals surface area contributed by atoms with Crippen LogP contribution in [0.5, 0.6) is 11.5 Å². The van der Waals surface area contributed by atoms with Crippen molar-refractivity contribution in [3.63, 3.8) is 0 Å². The molecule has 0 fully saturated rings. The second-order valence-corrected chi connectivity index (χ2v) is 11.2.